The molecule has 28 heavy (non-hydrogen) atoms. The van der Waals surface area contributed by atoms with E-state index in [2.05, 4.69) is 10.0 Å². The Morgan fingerprint density at radius 2 is 1.79 bits per heavy atom. The molecule has 0 bridgehead atoms. The maximum Gasteiger partial charge on any atom is 0.229 e. The number of rotatable bonds is 5. The number of hydrogen-bond donors (Lipinski definition) is 2. The summed E-state index contributed by atoms with van der Waals surface area (Å²) in [6.45, 7) is 1.85. The summed E-state index contributed by atoms with van der Waals surface area (Å²) in [6.07, 6.45) is 1.04. The van der Waals surface area contributed by atoms with Gasteiger partial charge in [0.1, 0.15) is 5.82 Å². The molecular weight excluding hydrogens is 385 g/mol. The van der Waals surface area contributed by atoms with Crippen molar-refractivity contribution in [3.63, 3.8) is 0 Å². The molecule has 0 aliphatic carbocycles. The van der Waals surface area contributed by atoms with Gasteiger partial charge in [-0.25, -0.2) is 12.8 Å². The minimum Gasteiger partial charge on any atom is -0.326 e. The van der Waals surface area contributed by atoms with Crippen molar-refractivity contribution in [2.24, 2.45) is 5.92 Å². The number of nitrogens with zero attached hydrogens (tertiary/aromatic N) is 1. The van der Waals surface area contributed by atoms with E-state index in [-0.39, 0.29) is 30.5 Å². The van der Waals surface area contributed by atoms with E-state index in [4.69, 9.17) is 0 Å². The van der Waals surface area contributed by atoms with Gasteiger partial charge in [0.2, 0.25) is 21.8 Å². The molecule has 1 saturated heterocycles. The van der Waals surface area contributed by atoms with E-state index >= 15 is 0 Å². The summed E-state index contributed by atoms with van der Waals surface area (Å²) in [5.74, 6) is -1.77. The van der Waals surface area contributed by atoms with Gasteiger partial charge in [-0.2, -0.15) is 0 Å². The second-order valence-corrected chi connectivity index (χ2v) is 8.55. The van der Waals surface area contributed by atoms with Gasteiger partial charge in [-0.05, 0) is 48.9 Å². The van der Waals surface area contributed by atoms with Crippen LogP contribution in [0.1, 0.15) is 12.0 Å². The molecule has 0 saturated carbocycles. The molecular formula is C19H20FN3O4S. The van der Waals surface area contributed by atoms with Gasteiger partial charge in [0.15, 0.2) is 0 Å². The lowest BCUT2D eigenvalue weighted by molar-refractivity contribution is -0.122. The number of sulfonamides is 1. The number of carbonyl (C=O) groups is 2. The molecule has 2 aromatic rings. The first-order chi connectivity index (χ1) is 13.1. The van der Waals surface area contributed by atoms with Crippen molar-refractivity contribution >= 4 is 38.9 Å². The zero-order chi connectivity index (χ0) is 20.5. The SMILES string of the molecule is Cc1ccc(N2CC(C(=O)Nc3ccc(NS(C)(=O)=O)cc3)CC2=O)c(F)c1. The van der Waals surface area contributed by atoms with E-state index in [9.17, 15) is 22.4 Å². The summed E-state index contributed by atoms with van der Waals surface area (Å²) in [6, 6.07) is 10.7. The molecule has 0 spiro atoms. The molecule has 7 nitrogen and oxygen atoms in total. The highest BCUT2D eigenvalue weighted by atomic mass is 32.2. The molecule has 2 amide bonds. The molecule has 1 fully saturated rings. The van der Waals surface area contributed by atoms with Crippen molar-refractivity contribution in [2.45, 2.75) is 13.3 Å². The fraction of sp³-hybridized carbons (Fsp3) is 0.263. The zero-order valence-electron chi connectivity index (χ0n) is 15.4. The number of nitrogens with one attached hydrogen (secondary N) is 2. The van der Waals surface area contributed by atoms with Gasteiger partial charge >= 0.3 is 0 Å². The molecule has 1 unspecified atom stereocenters. The van der Waals surface area contributed by atoms with Crippen molar-refractivity contribution in [3.05, 3.63) is 53.8 Å². The number of carbonyl (C=O) groups excluding carboxylic acids is 2. The van der Waals surface area contributed by atoms with E-state index in [1.807, 2.05) is 0 Å². The van der Waals surface area contributed by atoms with Crippen LogP contribution in [-0.2, 0) is 19.6 Å². The van der Waals surface area contributed by atoms with Gasteiger partial charge in [-0.15, -0.1) is 0 Å². The van der Waals surface area contributed by atoms with Gasteiger partial charge < -0.3 is 10.2 Å². The molecule has 9 heteroatoms. The van der Waals surface area contributed by atoms with Crippen LogP contribution < -0.4 is 14.9 Å². The first-order valence-electron chi connectivity index (χ1n) is 8.57. The Bertz CT molecular complexity index is 1020. The second-order valence-electron chi connectivity index (χ2n) is 6.80. The second kappa shape index (κ2) is 7.59. The maximum atomic E-state index is 14.2. The van der Waals surface area contributed by atoms with Gasteiger partial charge in [0, 0.05) is 24.3 Å². The van der Waals surface area contributed by atoms with Gasteiger partial charge in [-0.3, -0.25) is 14.3 Å². The Labute approximate surface area is 162 Å². The average Bonchev–Trinajstić information content (AvgIpc) is 2.97. The van der Waals surface area contributed by atoms with Crippen LogP contribution in [0.4, 0.5) is 21.5 Å². The van der Waals surface area contributed by atoms with Crippen LogP contribution in [0.25, 0.3) is 0 Å². The first-order valence-corrected chi connectivity index (χ1v) is 10.5. The third-order valence-corrected chi connectivity index (χ3v) is 4.95. The lowest BCUT2D eigenvalue weighted by Gasteiger charge is -2.18. The van der Waals surface area contributed by atoms with Crippen molar-refractivity contribution in [2.75, 3.05) is 27.7 Å². The molecule has 0 radical (unpaired) electrons. The van der Waals surface area contributed by atoms with Crippen molar-refractivity contribution < 1.29 is 22.4 Å². The Balaban J connectivity index is 1.66. The van der Waals surface area contributed by atoms with Crippen LogP contribution in [-0.4, -0.2) is 33.0 Å². The Hall–Kier alpha value is -2.94. The average molecular weight is 405 g/mol. The monoisotopic (exact) mass is 405 g/mol. The number of benzene rings is 2. The summed E-state index contributed by atoms with van der Waals surface area (Å²) in [5, 5.41) is 2.70. The van der Waals surface area contributed by atoms with Crippen molar-refractivity contribution in [1.82, 2.24) is 0 Å². The minimum absolute atomic E-state index is 0.00708. The number of halogens is 1. The van der Waals surface area contributed by atoms with Gasteiger partial charge in [-0.1, -0.05) is 6.07 Å². The van der Waals surface area contributed by atoms with Crippen LogP contribution in [0.3, 0.4) is 0 Å². The summed E-state index contributed by atoms with van der Waals surface area (Å²) in [4.78, 5) is 26.1. The largest absolute Gasteiger partial charge is 0.326 e. The summed E-state index contributed by atoms with van der Waals surface area (Å²) >= 11 is 0. The Morgan fingerprint density at radius 3 is 2.39 bits per heavy atom. The third kappa shape index (κ3) is 4.66. The smallest absolute Gasteiger partial charge is 0.229 e. The standard InChI is InChI=1S/C19H20FN3O4S/c1-12-3-8-17(16(20)9-12)23-11-13(10-18(23)24)19(25)21-14-4-6-15(7-5-14)22-28(2,26)27/h3-9,13,22H,10-11H2,1-2H3,(H,21,25). The lowest BCUT2D eigenvalue weighted by atomic mass is 10.1. The highest BCUT2D eigenvalue weighted by Crippen LogP contribution is 2.28. The first kappa shape index (κ1) is 19.8. The summed E-state index contributed by atoms with van der Waals surface area (Å²) in [7, 11) is -3.38. The molecule has 2 N–H and O–H groups in total. The van der Waals surface area contributed by atoms with Gasteiger partial charge in [0.25, 0.3) is 0 Å². The molecule has 2 aromatic carbocycles. The van der Waals surface area contributed by atoms with E-state index in [1.54, 1.807) is 25.1 Å². The quantitative estimate of drug-likeness (QED) is 0.799. The predicted octanol–water partition coefficient (Wildman–Crippen LogP) is 2.50. The number of hydrogen-bond acceptors (Lipinski definition) is 4. The van der Waals surface area contributed by atoms with E-state index in [0.717, 1.165) is 11.8 Å². The molecule has 1 atom stereocenters. The number of aryl methyl sites for hydroxylation is 1. The van der Waals surface area contributed by atoms with E-state index in [1.165, 1.54) is 29.2 Å². The predicted molar refractivity (Wildman–Crippen MR) is 105 cm³/mol. The third-order valence-electron chi connectivity index (χ3n) is 4.35. The van der Waals surface area contributed by atoms with Crippen LogP contribution >= 0.6 is 0 Å². The Morgan fingerprint density at radius 1 is 1.14 bits per heavy atom. The normalized spacial score (nSPS) is 16.9. The van der Waals surface area contributed by atoms with Crippen LogP contribution in [0.5, 0.6) is 0 Å². The highest BCUT2D eigenvalue weighted by Gasteiger charge is 2.36. The summed E-state index contributed by atoms with van der Waals surface area (Å²) < 4.78 is 38.9. The maximum absolute atomic E-state index is 14.2. The molecule has 1 heterocycles. The molecule has 0 aromatic heterocycles. The van der Waals surface area contributed by atoms with Crippen LogP contribution in [0.15, 0.2) is 42.5 Å². The zero-order valence-corrected chi connectivity index (χ0v) is 16.2. The highest BCUT2D eigenvalue weighted by molar-refractivity contribution is 7.92. The fourth-order valence-corrected chi connectivity index (χ4v) is 3.59. The molecule has 3 rings (SSSR count). The molecule has 1 aliphatic heterocycles. The topological polar surface area (TPSA) is 95.6 Å². The van der Waals surface area contributed by atoms with Crippen LogP contribution in [0.2, 0.25) is 0 Å². The van der Waals surface area contributed by atoms with Gasteiger partial charge in [0.05, 0.1) is 17.9 Å². The van der Waals surface area contributed by atoms with Crippen molar-refractivity contribution in [1.29, 1.82) is 0 Å². The van der Waals surface area contributed by atoms with Crippen molar-refractivity contribution in [3.8, 4) is 0 Å². The molecule has 1 aliphatic rings. The summed E-state index contributed by atoms with van der Waals surface area (Å²) in [5.41, 5.74) is 1.76. The fourth-order valence-electron chi connectivity index (χ4n) is 3.03. The molecule has 148 valence electrons. The number of anilines is 3. The van der Waals surface area contributed by atoms with E-state index < -0.39 is 21.8 Å². The van der Waals surface area contributed by atoms with E-state index in [0.29, 0.717) is 11.4 Å². The van der Waals surface area contributed by atoms with Crippen LogP contribution in [0, 0.1) is 18.7 Å². The lowest BCUT2D eigenvalue weighted by Crippen LogP contribution is -2.28. The minimum atomic E-state index is -3.38. The number of amides is 2. The Kier molecular flexibility index (Phi) is 5.37.